The van der Waals surface area contributed by atoms with Gasteiger partial charge < -0.3 is 17.7 Å². The summed E-state index contributed by atoms with van der Waals surface area (Å²) in [6.45, 7) is -3.61. The van der Waals surface area contributed by atoms with E-state index in [2.05, 4.69) is 0 Å². The fraction of sp³-hybridized carbons (Fsp3) is 0.400. The van der Waals surface area contributed by atoms with Gasteiger partial charge in [-0.15, -0.1) is 5.46 Å². The summed E-state index contributed by atoms with van der Waals surface area (Å²) in [4.78, 5) is 0. The van der Waals surface area contributed by atoms with Crippen molar-refractivity contribution >= 4 is 22.3 Å². The Balaban J connectivity index is 0.00000324. The molecule has 0 fully saturated rings. The molecule has 102 valence electrons. The predicted molar refractivity (Wildman–Crippen MR) is 65.1 cm³/mol. The van der Waals surface area contributed by atoms with E-state index >= 15 is 0 Å². The second-order valence-electron chi connectivity index (χ2n) is 4.08. The van der Waals surface area contributed by atoms with Crippen LogP contribution in [0.3, 0.4) is 0 Å². The Morgan fingerprint density at radius 3 is 2.26 bits per heavy atom. The van der Waals surface area contributed by atoms with Crippen LogP contribution in [-0.4, -0.2) is 34.0 Å². The number of ether oxygens (including phenoxy) is 1. The first-order chi connectivity index (χ1) is 8.09. The summed E-state index contributed by atoms with van der Waals surface area (Å²) in [5.41, 5.74) is -0.358. The molecule has 0 atom stereocenters. The van der Waals surface area contributed by atoms with Crippen LogP contribution in [0.2, 0.25) is 0 Å². The Labute approximate surface area is 153 Å². The molecule has 0 heterocycles. The Morgan fingerprint density at radius 1 is 1.26 bits per heavy atom. The van der Waals surface area contributed by atoms with Gasteiger partial charge in [0.1, 0.15) is 12.4 Å². The second-order valence-corrected chi connectivity index (χ2v) is 6.34. The largest absolute Gasteiger partial charge is 1.00 e. The Morgan fingerprint density at radius 2 is 1.84 bits per heavy atom. The van der Waals surface area contributed by atoms with Gasteiger partial charge >= 0.3 is 58.4 Å². The van der Waals surface area contributed by atoms with E-state index in [-0.39, 0.29) is 69.5 Å². The Hall–Kier alpha value is 0.461. The summed E-state index contributed by atoms with van der Waals surface area (Å²) in [5, 5.41) is 0. The minimum absolute atomic E-state index is 0. The molecule has 1 aromatic carbocycles. The van der Waals surface area contributed by atoms with Crippen LogP contribution < -0.4 is 61.6 Å². The van der Waals surface area contributed by atoms with E-state index < -0.39 is 22.3 Å². The maximum absolute atomic E-state index is 12.5. The molecule has 0 saturated carbocycles. The number of benzene rings is 1. The topological polar surface area (TPSA) is 43.4 Å². The summed E-state index contributed by atoms with van der Waals surface area (Å²) >= 11 is 0. The molecule has 3 nitrogen and oxygen atoms in total. The van der Waals surface area contributed by atoms with Crippen molar-refractivity contribution in [3.8, 4) is 5.75 Å². The molecule has 0 saturated heterocycles. The third-order valence-electron chi connectivity index (χ3n) is 2.29. The monoisotopic (exact) mass is 320 g/mol. The van der Waals surface area contributed by atoms with Gasteiger partial charge in [-0.2, -0.15) is 0 Å². The summed E-state index contributed by atoms with van der Waals surface area (Å²) in [6.07, 6.45) is 1.07. The van der Waals surface area contributed by atoms with Gasteiger partial charge in [-0.3, -0.25) is 0 Å². The van der Waals surface area contributed by atoms with Crippen molar-refractivity contribution in [1.82, 2.24) is 0 Å². The summed E-state index contributed by atoms with van der Waals surface area (Å²) < 4.78 is 64.2. The van der Waals surface area contributed by atoms with Gasteiger partial charge in [-0.05, 0) is 18.6 Å². The van der Waals surface area contributed by atoms with Crippen LogP contribution in [0, 0.1) is 6.92 Å². The third kappa shape index (κ3) is 7.14. The summed E-state index contributed by atoms with van der Waals surface area (Å²) in [6, 6.07) is 3.14. The third-order valence-corrected chi connectivity index (χ3v) is 3.20. The molecule has 0 spiro atoms. The van der Waals surface area contributed by atoms with Crippen molar-refractivity contribution in [2.75, 3.05) is 18.6 Å². The number of hydrogen-bond acceptors (Lipinski definition) is 3. The van der Waals surface area contributed by atoms with Crippen molar-refractivity contribution in [3.05, 3.63) is 23.8 Å². The van der Waals surface area contributed by atoms with E-state index in [1.807, 2.05) is 0 Å². The Kier molecular flexibility index (Phi) is 7.65. The fourth-order valence-corrected chi connectivity index (χ4v) is 1.73. The van der Waals surface area contributed by atoms with E-state index in [1.165, 1.54) is 13.0 Å². The minimum atomic E-state index is -5.03. The fourth-order valence-electron chi connectivity index (χ4n) is 1.34. The molecule has 0 N–H and O–H groups in total. The van der Waals surface area contributed by atoms with Crippen molar-refractivity contribution in [3.63, 3.8) is 0 Å². The molecular weight excluding hydrogens is 307 g/mol. The number of hydrogen-bond donors (Lipinski definition) is 0. The van der Waals surface area contributed by atoms with E-state index in [1.54, 1.807) is 0 Å². The van der Waals surface area contributed by atoms with Crippen LogP contribution in [0.4, 0.5) is 12.9 Å². The molecule has 19 heavy (non-hydrogen) atoms. The zero-order valence-corrected chi connectivity index (χ0v) is 14.9. The molecule has 0 aliphatic carbocycles. The van der Waals surface area contributed by atoms with Gasteiger partial charge in [0, 0.05) is 6.26 Å². The molecule has 0 aliphatic rings. The molecule has 0 radical (unpaired) electrons. The van der Waals surface area contributed by atoms with Crippen LogP contribution >= 0.6 is 0 Å². The normalized spacial score (nSPS) is 11.8. The van der Waals surface area contributed by atoms with Gasteiger partial charge in [0.05, 0.1) is 5.75 Å². The molecule has 0 aromatic heterocycles. The maximum atomic E-state index is 12.5. The van der Waals surface area contributed by atoms with Crippen molar-refractivity contribution in [2.24, 2.45) is 0 Å². The number of sulfone groups is 1. The number of rotatable bonds is 5. The van der Waals surface area contributed by atoms with E-state index in [9.17, 15) is 21.4 Å². The molecule has 9 heteroatoms. The average molecular weight is 320 g/mol. The van der Waals surface area contributed by atoms with Crippen LogP contribution in [0.15, 0.2) is 18.2 Å². The molecule has 0 amide bonds. The molecule has 0 bridgehead atoms. The van der Waals surface area contributed by atoms with E-state index in [0.29, 0.717) is 5.56 Å². The van der Waals surface area contributed by atoms with E-state index in [0.717, 1.165) is 18.4 Å². The second kappa shape index (κ2) is 7.46. The zero-order chi connectivity index (χ0) is 14.0. The predicted octanol–water partition coefficient (Wildman–Crippen LogP) is -1.52. The summed E-state index contributed by atoms with van der Waals surface area (Å²) in [7, 11) is -3.14. The van der Waals surface area contributed by atoms with Gasteiger partial charge in [-0.25, -0.2) is 8.42 Å². The van der Waals surface area contributed by atoms with Gasteiger partial charge in [0.15, 0.2) is 9.84 Å². The van der Waals surface area contributed by atoms with Crippen molar-refractivity contribution in [1.29, 1.82) is 0 Å². The molecule has 1 aromatic rings. The molecule has 1 rings (SSSR count). The molecular formula is C10H13BF3KO3S. The van der Waals surface area contributed by atoms with Crippen molar-refractivity contribution in [2.45, 2.75) is 6.92 Å². The quantitative estimate of drug-likeness (QED) is 0.619. The van der Waals surface area contributed by atoms with Crippen LogP contribution in [0.25, 0.3) is 0 Å². The standard InChI is InChI=1S/C10H13BF3O3S.K/c1-8-7-9(11(12,13)14)3-4-10(8)17-5-6-18(2,15)16;/h3-4,7H,5-6H2,1-2H3;/q-1;+1. The first-order valence-electron chi connectivity index (χ1n) is 5.20. The Bertz CT molecular complexity index is 531. The SMILES string of the molecule is Cc1cc([B-](F)(F)F)ccc1OCCS(C)(=O)=O.[K+]. The van der Waals surface area contributed by atoms with Gasteiger partial charge in [0.2, 0.25) is 0 Å². The first kappa shape index (κ1) is 19.5. The van der Waals surface area contributed by atoms with Gasteiger partial charge in [-0.1, -0.05) is 12.1 Å². The maximum Gasteiger partial charge on any atom is 1.00 e. The molecule has 0 aliphatic heterocycles. The number of aryl methyl sites for hydroxylation is 1. The van der Waals surface area contributed by atoms with Gasteiger partial charge in [0.25, 0.3) is 0 Å². The van der Waals surface area contributed by atoms with Crippen molar-refractivity contribution < 1.29 is 77.5 Å². The van der Waals surface area contributed by atoms with Crippen LogP contribution in [-0.2, 0) is 9.84 Å². The first-order valence-corrected chi connectivity index (χ1v) is 7.26. The van der Waals surface area contributed by atoms with Crippen LogP contribution in [0.1, 0.15) is 5.56 Å². The van der Waals surface area contributed by atoms with E-state index in [4.69, 9.17) is 4.74 Å². The smallest absolute Gasteiger partial charge is 0.492 e. The number of halogens is 3. The minimum Gasteiger partial charge on any atom is -0.492 e. The van der Waals surface area contributed by atoms with Crippen LogP contribution in [0.5, 0.6) is 5.75 Å². The summed E-state index contributed by atoms with van der Waals surface area (Å²) in [5.74, 6) is 0.0969. The zero-order valence-electron chi connectivity index (χ0n) is 11.0. The molecule has 0 unspecified atom stereocenters. The average Bonchev–Trinajstić information content (AvgIpc) is 2.17.